The Labute approximate surface area is 128 Å². The van der Waals surface area contributed by atoms with Crippen molar-refractivity contribution in [1.29, 1.82) is 0 Å². The standard InChI is InChI=1S/C16H22F2N2O2/c1-10(12-6-4-7-13(17)15(12)18)19-16(22)20-14-8-3-2-5-11(14)9-21/h4,6-7,10-11,14,21H,2-3,5,8-9H2,1H3,(H2,19,20,22). The van der Waals surface area contributed by atoms with Gasteiger partial charge in [-0.2, -0.15) is 0 Å². The molecule has 3 unspecified atom stereocenters. The van der Waals surface area contributed by atoms with Crippen LogP contribution in [-0.2, 0) is 0 Å². The minimum absolute atomic E-state index is 0.0407. The number of aliphatic hydroxyl groups excluding tert-OH is 1. The van der Waals surface area contributed by atoms with E-state index in [1.54, 1.807) is 6.92 Å². The Bertz CT molecular complexity index is 525. The van der Waals surface area contributed by atoms with E-state index in [4.69, 9.17) is 0 Å². The molecule has 1 aliphatic rings. The van der Waals surface area contributed by atoms with E-state index in [1.807, 2.05) is 0 Å². The topological polar surface area (TPSA) is 61.4 Å². The van der Waals surface area contributed by atoms with E-state index in [2.05, 4.69) is 10.6 Å². The molecule has 1 aromatic rings. The van der Waals surface area contributed by atoms with E-state index >= 15 is 0 Å². The van der Waals surface area contributed by atoms with E-state index in [0.717, 1.165) is 31.7 Å². The number of nitrogens with one attached hydrogen (secondary N) is 2. The van der Waals surface area contributed by atoms with Crippen molar-refractivity contribution in [2.45, 2.75) is 44.7 Å². The van der Waals surface area contributed by atoms with Crippen LogP contribution < -0.4 is 10.6 Å². The second kappa shape index (κ2) is 7.54. The second-order valence-corrected chi connectivity index (χ2v) is 5.82. The summed E-state index contributed by atoms with van der Waals surface area (Å²) in [5.41, 5.74) is 0.109. The molecule has 0 spiro atoms. The van der Waals surface area contributed by atoms with Gasteiger partial charge >= 0.3 is 6.03 Å². The first-order valence-corrected chi connectivity index (χ1v) is 7.64. The normalized spacial score (nSPS) is 22.9. The Morgan fingerprint density at radius 2 is 2.09 bits per heavy atom. The van der Waals surface area contributed by atoms with E-state index < -0.39 is 23.7 Å². The molecule has 22 heavy (non-hydrogen) atoms. The zero-order chi connectivity index (χ0) is 16.1. The molecule has 1 saturated carbocycles. The van der Waals surface area contributed by atoms with Crippen LogP contribution in [0.15, 0.2) is 18.2 Å². The second-order valence-electron chi connectivity index (χ2n) is 5.82. The van der Waals surface area contributed by atoms with E-state index in [0.29, 0.717) is 0 Å². The van der Waals surface area contributed by atoms with Gasteiger partial charge in [-0.05, 0) is 25.8 Å². The van der Waals surface area contributed by atoms with E-state index in [-0.39, 0.29) is 24.1 Å². The molecule has 1 aliphatic carbocycles. The Morgan fingerprint density at radius 1 is 1.36 bits per heavy atom. The average Bonchev–Trinajstić information content (AvgIpc) is 2.50. The lowest BCUT2D eigenvalue weighted by molar-refractivity contribution is 0.153. The van der Waals surface area contributed by atoms with Crippen molar-refractivity contribution in [3.63, 3.8) is 0 Å². The number of rotatable bonds is 4. The van der Waals surface area contributed by atoms with Crippen LogP contribution in [0.25, 0.3) is 0 Å². The number of hydrogen-bond donors (Lipinski definition) is 3. The van der Waals surface area contributed by atoms with Gasteiger partial charge in [0.25, 0.3) is 0 Å². The molecule has 2 rings (SSSR count). The Morgan fingerprint density at radius 3 is 2.82 bits per heavy atom. The molecular formula is C16H22F2N2O2. The summed E-state index contributed by atoms with van der Waals surface area (Å²) < 4.78 is 26.9. The van der Waals surface area contributed by atoms with Crippen LogP contribution in [0.3, 0.4) is 0 Å². The van der Waals surface area contributed by atoms with Crippen LogP contribution in [0.2, 0.25) is 0 Å². The van der Waals surface area contributed by atoms with Gasteiger partial charge in [0, 0.05) is 24.1 Å². The Balaban J connectivity index is 1.95. The van der Waals surface area contributed by atoms with Crippen molar-refractivity contribution in [3.05, 3.63) is 35.4 Å². The van der Waals surface area contributed by atoms with Crippen LogP contribution in [-0.4, -0.2) is 23.8 Å². The smallest absolute Gasteiger partial charge is 0.315 e. The van der Waals surface area contributed by atoms with Gasteiger partial charge in [0.1, 0.15) is 0 Å². The summed E-state index contributed by atoms with van der Waals surface area (Å²) in [6, 6.07) is 2.74. The largest absolute Gasteiger partial charge is 0.396 e. The van der Waals surface area contributed by atoms with Crippen LogP contribution in [0.4, 0.5) is 13.6 Å². The molecule has 2 amide bonds. The highest BCUT2D eigenvalue weighted by atomic mass is 19.2. The number of urea groups is 1. The molecule has 0 bridgehead atoms. The maximum Gasteiger partial charge on any atom is 0.315 e. The van der Waals surface area contributed by atoms with Crippen molar-refractivity contribution >= 4 is 6.03 Å². The lowest BCUT2D eigenvalue weighted by atomic mass is 9.85. The number of hydrogen-bond acceptors (Lipinski definition) is 2. The summed E-state index contributed by atoms with van der Waals surface area (Å²) in [6.45, 7) is 1.64. The predicted octanol–water partition coefficient (Wildman–Crippen LogP) is 2.88. The first-order chi connectivity index (χ1) is 10.5. The van der Waals surface area contributed by atoms with Gasteiger partial charge in [-0.15, -0.1) is 0 Å². The van der Waals surface area contributed by atoms with Gasteiger partial charge in [0.05, 0.1) is 6.04 Å². The Kier molecular flexibility index (Phi) is 5.71. The molecule has 122 valence electrons. The summed E-state index contributed by atoms with van der Waals surface area (Å²) in [7, 11) is 0. The summed E-state index contributed by atoms with van der Waals surface area (Å²) in [6.07, 6.45) is 3.77. The van der Waals surface area contributed by atoms with Crippen LogP contribution in [0, 0.1) is 17.6 Å². The van der Waals surface area contributed by atoms with Gasteiger partial charge < -0.3 is 15.7 Å². The van der Waals surface area contributed by atoms with Gasteiger partial charge in [0.15, 0.2) is 11.6 Å². The maximum absolute atomic E-state index is 13.7. The fourth-order valence-electron chi connectivity index (χ4n) is 2.96. The molecule has 6 heteroatoms. The minimum Gasteiger partial charge on any atom is -0.396 e. The fourth-order valence-corrected chi connectivity index (χ4v) is 2.96. The summed E-state index contributed by atoms with van der Waals surface area (Å²) in [5, 5.41) is 14.8. The highest BCUT2D eigenvalue weighted by Crippen LogP contribution is 2.24. The first-order valence-electron chi connectivity index (χ1n) is 7.64. The van der Waals surface area contributed by atoms with Crippen molar-refractivity contribution in [2.24, 2.45) is 5.92 Å². The number of carbonyl (C=O) groups is 1. The number of aliphatic hydroxyl groups is 1. The average molecular weight is 312 g/mol. The van der Waals surface area contributed by atoms with Crippen molar-refractivity contribution < 1.29 is 18.7 Å². The van der Waals surface area contributed by atoms with Crippen molar-refractivity contribution in [1.82, 2.24) is 10.6 Å². The molecular weight excluding hydrogens is 290 g/mol. The molecule has 3 atom stereocenters. The SMILES string of the molecule is CC(NC(=O)NC1CCCCC1CO)c1cccc(F)c1F. The van der Waals surface area contributed by atoms with Crippen molar-refractivity contribution in [3.8, 4) is 0 Å². The van der Waals surface area contributed by atoms with Crippen LogP contribution in [0.5, 0.6) is 0 Å². The zero-order valence-electron chi connectivity index (χ0n) is 12.6. The number of amides is 2. The number of benzene rings is 1. The lowest BCUT2D eigenvalue weighted by Gasteiger charge is -2.31. The van der Waals surface area contributed by atoms with Gasteiger partial charge in [-0.1, -0.05) is 25.0 Å². The molecule has 1 aromatic carbocycles. The van der Waals surface area contributed by atoms with Crippen molar-refractivity contribution in [2.75, 3.05) is 6.61 Å². The molecule has 0 radical (unpaired) electrons. The van der Waals surface area contributed by atoms with Crippen LogP contribution in [0.1, 0.15) is 44.2 Å². The summed E-state index contributed by atoms with van der Waals surface area (Å²) in [5.74, 6) is -1.82. The first kappa shape index (κ1) is 16.7. The number of carbonyl (C=O) groups excluding carboxylic acids is 1. The third kappa shape index (κ3) is 3.94. The zero-order valence-corrected chi connectivity index (χ0v) is 12.6. The van der Waals surface area contributed by atoms with Gasteiger partial charge in [-0.25, -0.2) is 13.6 Å². The molecule has 0 aliphatic heterocycles. The van der Waals surface area contributed by atoms with E-state index in [1.165, 1.54) is 12.1 Å². The summed E-state index contributed by atoms with van der Waals surface area (Å²) in [4.78, 5) is 12.0. The monoisotopic (exact) mass is 312 g/mol. The summed E-state index contributed by atoms with van der Waals surface area (Å²) >= 11 is 0. The number of halogens is 2. The fraction of sp³-hybridized carbons (Fsp3) is 0.562. The maximum atomic E-state index is 13.7. The molecule has 4 nitrogen and oxygen atoms in total. The van der Waals surface area contributed by atoms with E-state index in [9.17, 15) is 18.7 Å². The molecule has 3 N–H and O–H groups in total. The highest BCUT2D eigenvalue weighted by Gasteiger charge is 2.26. The highest BCUT2D eigenvalue weighted by molar-refractivity contribution is 5.74. The minimum atomic E-state index is -0.943. The molecule has 0 aromatic heterocycles. The molecule has 0 saturated heterocycles. The molecule has 0 heterocycles. The molecule has 1 fully saturated rings. The third-order valence-corrected chi connectivity index (χ3v) is 4.26. The third-order valence-electron chi connectivity index (χ3n) is 4.26. The Hall–Kier alpha value is -1.69. The van der Waals surface area contributed by atoms with Gasteiger partial charge in [0.2, 0.25) is 0 Å². The van der Waals surface area contributed by atoms with Gasteiger partial charge in [-0.3, -0.25) is 0 Å². The van der Waals surface area contributed by atoms with Crippen LogP contribution >= 0.6 is 0 Å². The quantitative estimate of drug-likeness (QED) is 0.800. The lowest BCUT2D eigenvalue weighted by Crippen LogP contribution is -2.48. The predicted molar refractivity (Wildman–Crippen MR) is 79.3 cm³/mol.